The van der Waals surface area contributed by atoms with Crippen LogP contribution in [0.3, 0.4) is 0 Å². The van der Waals surface area contributed by atoms with E-state index >= 15 is 0 Å². The van der Waals surface area contributed by atoms with E-state index < -0.39 is 0 Å². The zero-order valence-electron chi connectivity index (χ0n) is 13.4. The van der Waals surface area contributed by atoms with Crippen molar-refractivity contribution in [2.75, 3.05) is 7.11 Å². The van der Waals surface area contributed by atoms with Gasteiger partial charge in [-0.2, -0.15) is 0 Å². The predicted molar refractivity (Wildman–Crippen MR) is 94.1 cm³/mol. The van der Waals surface area contributed by atoms with Gasteiger partial charge in [-0.1, -0.05) is 18.2 Å². The van der Waals surface area contributed by atoms with Crippen LogP contribution in [0.4, 0.5) is 0 Å². The Hall–Kier alpha value is -2.01. The van der Waals surface area contributed by atoms with Crippen molar-refractivity contribution in [2.24, 2.45) is 0 Å². The molecule has 23 heavy (non-hydrogen) atoms. The highest BCUT2D eigenvalue weighted by Gasteiger charge is 2.13. The van der Waals surface area contributed by atoms with E-state index in [0.717, 1.165) is 15.8 Å². The van der Waals surface area contributed by atoms with E-state index in [1.54, 1.807) is 19.2 Å². The molecule has 0 unspecified atom stereocenters. The number of halogens is 1. The second-order valence-corrected chi connectivity index (χ2v) is 6.17. The molecule has 2 aromatic carbocycles. The van der Waals surface area contributed by atoms with Crippen LogP contribution < -0.4 is 14.8 Å². The fraction of sp³-hybridized carbons (Fsp3) is 0.278. The van der Waals surface area contributed by atoms with Gasteiger partial charge in [-0.15, -0.1) is 0 Å². The second-order valence-electron chi connectivity index (χ2n) is 5.31. The number of para-hydroxylation sites is 1. The monoisotopic (exact) mass is 377 g/mol. The summed E-state index contributed by atoms with van der Waals surface area (Å²) in [5.74, 6) is 1.19. The van der Waals surface area contributed by atoms with Gasteiger partial charge in [0.1, 0.15) is 11.5 Å². The number of methoxy groups -OCH3 is 1. The zero-order chi connectivity index (χ0) is 16.8. The minimum atomic E-state index is -0.159. The minimum Gasteiger partial charge on any atom is -0.496 e. The molecule has 2 aromatic rings. The molecular formula is C18H20BrNO3. The van der Waals surface area contributed by atoms with Crippen LogP contribution in [-0.2, 0) is 6.54 Å². The Morgan fingerprint density at radius 3 is 2.57 bits per heavy atom. The largest absolute Gasteiger partial charge is 0.496 e. The third-order valence-electron chi connectivity index (χ3n) is 3.16. The Balaban J connectivity index is 2.07. The summed E-state index contributed by atoms with van der Waals surface area (Å²) >= 11 is 3.44. The molecular weight excluding hydrogens is 358 g/mol. The van der Waals surface area contributed by atoms with E-state index in [9.17, 15) is 4.79 Å². The van der Waals surface area contributed by atoms with Gasteiger partial charge in [0.25, 0.3) is 5.91 Å². The highest BCUT2D eigenvalue weighted by Crippen LogP contribution is 2.25. The van der Waals surface area contributed by atoms with Crippen molar-refractivity contribution in [2.45, 2.75) is 26.5 Å². The van der Waals surface area contributed by atoms with Gasteiger partial charge in [0, 0.05) is 6.54 Å². The molecule has 0 heterocycles. The van der Waals surface area contributed by atoms with Crippen molar-refractivity contribution in [1.29, 1.82) is 0 Å². The lowest BCUT2D eigenvalue weighted by Gasteiger charge is -2.14. The number of hydrogen-bond donors (Lipinski definition) is 1. The SMILES string of the molecule is COc1ccc(CNC(=O)c2ccccc2OC(C)C)cc1Br. The average molecular weight is 378 g/mol. The summed E-state index contributed by atoms with van der Waals surface area (Å²) in [6, 6.07) is 13.0. The van der Waals surface area contributed by atoms with E-state index in [1.165, 1.54) is 0 Å². The highest BCUT2D eigenvalue weighted by atomic mass is 79.9. The first-order chi connectivity index (χ1) is 11.0. The van der Waals surface area contributed by atoms with E-state index in [0.29, 0.717) is 17.9 Å². The maximum absolute atomic E-state index is 12.4. The Morgan fingerprint density at radius 1 is 1.17 bits per heavy atom. The Bertz CT molecular complexity index is 686. The Kier molecular flexibility index (Phi) is 6.04. The van der Waals surface area contributed by atoms with Crippen molar-refractivity contribution in [3.8, 4) is 11.5 Å². The van der Waals surface area contributed by atoms with Crippen LogP contribution in [0.5, 0.6) is 11.5 Å². The molecule has 5 heteroatoms. The van der Waals surface area contributed by atoms with Crippen molar-refractivity contribution >= 4 is 21.8 Å². The van der Waals surface area contributed by atoms with Crippen molar-refractivity contribution in [3.63, 3.8) is 0 Å². The fourth-order valence-electron chi connectivity index (χ4n) is 2.11. The average Bonchev–Trinajstić information content (AvgIpc) is 2.52. The van der Waals surface area contributed by atoms with Crippen LogP contribution in [0.1, 0.15) is 29.8 Å². The molecule has 1 N–H and O–H groups in total. The second kappa shape index (κ2) is 8.02. The van der Waals surface area contributed by atoms with E-state index in [1.807, 2.05) is 44.2 Å². The molecule has 0 atom stereocenters. The van der Waals surface area contributed by atoms with Gasteiger partial charge >= 0.3 is 0 Å². The normalized spacial score (nSPS) is 10.5. The number of hydrogen-bond acceptors (Lipinski definition) is 3. The molecule has 0 saturated carbocycles. The first-order valence-electron chi connectivity index (χ1n) is 7.37. The summed E-state index contributed by atoms with van der Waals surface area (Å²) in [5.41, 5.74) is 1.52. The van der Waals surface area contributed by atoms with Crippen LogP contribution in [0, 0.1) is 0 Å². The van der Waals surface area contributed by atoms with Crippen LogP contribution >= 0.6 is 15.9 Å². The molecule has 4 nitrogen and oxygen atoms in total. The van der Waals surface area contributed by atoms with Crippen LogP contribution in [0.2, 0.25) is 0 Å². The third-order valence-corrected chi connectivity index (χ3v) is 3.78. The molecule has 0 spiro atoms. The molecule has 0 radical (unpaired) electrons. The zero-order valence-corrected chi connectivity index (χ0v) is 15.0. The minimum absolute atomic E-state index is 0.0153. The molecule has 0 aliphatic carbocycles. The molecule has 0 saturated heterocycles. The number of amides is 1. The summed E-state index contributed by atoms with van der Waals surface area (Å²) in [4.78, 5) is 12.4. The number of rotatable bonds is 6. The van der Waals surface area contributed by atoms with E-state index in [2.05, 4.69) is 21.2 Å². The van der Waals surface area contributed by atoms with Gasteiger partial charge < -0.3 is 14.8 Å². The molecule has 0 bridgehead atoms. The lowest BCUT2D eigenvalue weighted by Crippen LogP contribution is -2.24. The number of carbonyl (C=O) groups excluding carboxylic acids is 1. The number of ether oxygens (including phenoxy) is 2. The first-order valence-corrected chi connectivity index (χ1v) is 8.17. The Labute approximate surface area is 144 Å². The maximum Gasteiger partial charge on any atom is 0.255 e. The van der Waals surface area contributed by atoms with Gasteiger partial charge in [0.15, 0.2) is 0 Å². The third kappa shape index (κ3) is 4.73. The molecule has 0 aliphatic rings. The van der Waals surface area contributed by atoms with Gasteiger partial charge in [0.05, 0.1) is 23.2 Å². The number of benzene rings is 2. The van der Waals surface area contributed by atoms with Crippen LogP contribution in [-0.4, -0.2) is 19.1 Å². The predicted octanol–water partition coefficient (Wildman–Crippen LogP) is 4.17. The molecule has 0 fully saturated rings. The summed E-state index contributed by atoms with van der Waals surface area (Å²) in [7, 11) is 1.62. The quantitative estimate of drug-likeness (QED) is 0.821. The molecule has 2 rings (SSSR count). The van der Waals surface area contributed by atoms with E-state index in [4.69, 9.17) is 9.47 Å². The number of carbonyl (C=O) groups is 1. The van der Waals surface area contributed by atoms with Crippen molar-refractivity contribution in [1.82, 2.24) is 5.32 Å². The lowest BCUT2D eigenvalue weighted by molar-refractivity contribution is 0.0945. The molecule has 0 aliphatic heterocycles. The van der Waals surface area contributed by atoms with E-state index in [-0.39, 0.29) is 12.0 Å². The summed E-state index contributed by atoms with van der Waals surface area (Å²) in [5, 5.41) is 2.91. The van der Waals surface area contributed by atoms with Crippen LogP contribution in [0.15, 0.2) is 46.9 Å². The lowest BCUT2D eigenvalue weighted by atomic mass is 10.1. The van der Waals surface area contributed by atoms with Crippen LogP contribution in [0.25, 0.3) is 0 Å². The topological polar surface area (TPSA) is 47.6 Å². The van der Waals surface area contributed by atoms with Crippen molar-refractivity contribution < 1.29 is 14.3 Å². The fourth-order valence-corrected chi connectivity index (χ4v) is 2.70. The first kappa shape index (κ1) is 17.3. The summed E-state index contributed by atoms with van der Waals surface area (Å²) in [6.07, 6.45) is 0.0153. The molecule has 0 aromatic heterocycles. The van der Waals surface area contributed by atoms with Gasteiger partial charge in [-0.05, 0) is 59.6 Å². The molecule has 1 amide bonds. The summed E-state index contributed by atoms with van der Waals surface area (Å²) in [6.45, 7) is 4.30. The number of nitrogens with one attached hydrogen (secondary N) is 1. The van der Waals surface area contributed by atoms with Gasteiger partial charge in [-0.25, -0.2) is 0 Å². The molecule has 122 valence electrons. The van der Waals surface area contributed by atoms with Gasteiger partial charge in [-0.3, -0.25) is 4.79 Å². The summed E-state index contributed by atoms with van der Waals surface area (Å²) < 4.78 is 11.7. The smallest absolute Gasteiger partial charge is 0.255 e. The Morgan fingerprint density at radius 2 is 1.91 bits per heavy atom. The highest BCUT2D eigenvalue weighted by molar-refractivity contribution is 9.10. The standard InChI is InChI=1S/C18H20BrNO3/c1-12(2)23-16-7-5-4-6-14(16)18(21)20-11-13-8-9-17(22-3)15(19)10-13/h4-10,12H,11H2,1-3H3,(H,20,21). The maximum atomic E-state index is 12.4. The van der Waals surface area contributed by atoms with Crippen molar-refractivity contribution in [3.05, 3.63) is 58.1 Å². The van der Waals surface area contributed by atoms with Gasteiger partial charge in [0.2, 0.25) is 0 Å².